The molecule has 0 rings (SSSR count). The van der Waals surface area contributed by atoms with Gasteiger partial charge in [-0.2, -0.15) is 0 Å². The molecule has 1 N–H and O–H groups in total. The summed E-state index contributed by atoms with van der Waals surface area (Å²) in [6.45, 7) is 5.16. The van der Waals surface area contributed by atoms with E-state index in [0.29, 0.717) is 25.1 Å². The highest BCUT2D eigenvalue weighted by Crippen LogP contribution is 1.87. The number of alkyl halides is 1. The molecule has 0 saturated heterocycles. The molecule has 0 aromatic carbocycles. The van der Waals surface area contributed by atoms with Gasteiger partial charge in [-0.3, -0.25) is 0 Å². The van der Waals surface area contributed by atoms with Gasteiger partial charge in [0.2, 0.25) is 0 Å². The van der Waals surface area contributed by atoms with Crippen LogP contribution >= 0.6 is 11.6 Å². The van der Waals surface area contributed by atoms with E-state index < -0.39 is 0 Å². The molecule has 0 aromatic heterocycles. The highest BCUT2D eigenvalue weighted by Gasteiger charge is 1.96. The Morgan fingerprint density at radius 3 is 2.69 bits per heavy atom. The van der Waals surface area contributed by atoms with Crippen molar-refractivity contribution in [2.75, 3.05) is 39.4 Å². The zero-order valence-corrected chi connectivity index (χ0v) is 9.27. The summed E-state index contributed by atoms with van der Waals surface area (Å²) >= 11 is 5.62. The van der Waals surface area contributed by atoms with E-state index in [0.717, 1.165) is 19.6 Å². The minimum Gasteiger partial charge on any atom is -0.382 e. The van der Waals surface area contributed by atoms with Crippen molar-refractivity contribution in [3.8, 4) is 0 Å². The summed E-state index contributed by atoms with van der Waals surface area (Å²) in [5.41, 5.74) is 0. The van der Waals surface area contributed by atoms with Crippen molar-refractivity contribution in [1.29, 1.82) is 0 Å². The average molecular weight is 210 g/mol. The molecule has 4 heteroatoms. The first-order chi connectivity index (χ1) is 6.31. The summed E-state index contributed by atoms with van der Waals surface area (Å²) < 4.78 is 10.1. The number of nitrogens with one attached hydrogen (secondary N) is 1. The summed E-state index contributed by atoms with van der Waals surface area (Å²) in [6.07, 6.45) is 1.02. The lowest BCUT2D eigenvalue weighted by molar-refractivity contribution is 0.0693. The Hall–Kier alpha value is 0.170. The highest BCUT2D eigenvalue weighted by molar-refractivity contribution is 6.18. The molecule has 1 unspecified atom stereocenters. The van der Waals surface area contributed by atoms with Gasteiger partial charge in [0.15, 0.2) is 0 Å². The number of halogens is 1. The average Bonchev–Trinajstić information content (AvgIpc) is 2.16. The van der Waals surface area contributed by atoms with Crippen LogP contribution in [0.1, 0.15) is 13.3 Å². The van der Waals surface area contributed by atoms with Crippen LogP contribution in [0, 0.1) is 0 Å². The predicted molar refractivity (Wildman–Crippen MR) is 55.5 cm³/mol. The monoisotopic (exact) mass is 209 g/mol. The molecule has 0 saturated carbocycles. The van der Waals surface area contributed by atoms with E-state index >= 15 is 0 Å². The van der Waals surface area contributed by atoms with Gasteiger partial charge in [-0.15, -0.1) is 11.6 Å². The second-order valence-electron chi connectivity index (χ2n) is 2.97. The van der Waals surface area contributed by atoms with E-state index in [-0.39, 0.29) is 0 Å². The Kier molecular flexibility index (Phi) is 10.4. The normalized spacial score (nSPS) is 13.2. The molecule has 0 aromatic rings. The molecule has 1 atom stereocenters. The predicted octanol–water partition coefficient (Wildman–Crippen LogP) is 1.26. The van der Waals surface area contributed by atoms with Crippen LogP contribution in [0.15, 0.2) is 0 Å². The molecule has 0 radical (unpaired) electrons. The second-order valence-corrected chi connectivity index (χ2v) is 3.28. The number of ether oxygens (including phenoxy) is 2. The van der Waals surface area contributed by atoms with Gasteiger partial charge in [0.1, 0.15) is 0 Å². The summed E-state index contributed by atoms with van der Waals surface area (Å²) in [7, 11) is 1.67. The minimum atomic E-state index is 0.389. The molecule has 3 nitrogen and oxygen atoms in total. The van der Waals surface area contributed by atoms with E-state index in [2.05, 4.69) is 12.2 Å². The minimum absolute atomic E-state index is 0.389. The Morgan fingerprint density at radius 1 is 1.31 bits per heavy atom. The van der Waals surface area contributed by atoms with Gasteiger partial charge in [-0.05, 0) is 19.9 Å². The summed E-state index contributed by atoms with van der Waals surface area (Å²) in [4.78, 5) is 0. The first kappa shape index (κ1) is 13.2. The third-order valence-electron chi connectivity index (χ3n) is 1.62. The maximum atomic E-state index is 5.62. The molecular formula is C9H20ClNO2. The van der Waals surface area contributed by atoms with Crippen molar-refractivity contribution < 1.29 is 9.47 Å². The zero-order chi connectivity index (χ0) is 9.94. The first-order valence-corrected chi connectivity index (χ1v) is 5.20. The first-order valence-electron chi connectivity index (χ1n) is 4.67. The number of methoxy groups -OCH3 is 1. The fourth-order valence-corrected chi connectivity index (χ4v) is 0.931. The topological polar surface area (TPSA) is 30.5 Å². The number of hydrogen-bond donors (Lipinski definition) is 1. The molecule has 0 aliphatic rings. The Morgan fingerprint density at radius 2 is 2.08 bits per heavy atom. The van der Waals surface area contributed by atoms with Crippen molar-refractivity contribution in [2.45, 2.75) is 19.4 Å². The molecule has 0 aliphatic carbocycles. The largest absolute Gasteiger partial charge is 0.382 e. The van der Waals surface area contributed by atoms with Crippen LogP contribution in [-0.4, -0.2) is 45.4 Å². The van der Waals surface area contributed by atoms with Gasteiger partial charge in [0, 0.05) is 25.6 Å². The Bertz CT molecular complexity index is 104. The van der Waals surface area contributed by atoms with Crippen molar-refractivity contribution in [3.63, 3.8) is 0 Å². The third-order valence-corrected chi connectivity index (χ3v) is 2.08. The van der Waals surface area contributed by atoms with E-state index in [1.54, 1.807) is 7.11 Å². The number of rotatable bonds is 9. The Labute approximate surface area is 85.7 Å². The molecule has 0 spiro atoms. The maximum Gasteiger partial charge on any atom is 0.0700 e. The lowest BCUT2D eigenvalue weighted by Gasteiger charge is -2.09. The highest BCUT2D eigenvalue weighted by atomic mass is 35.5. The van der Waals surface area contributed by atoms with E-state index in [9.17, 15) is 0 Å². The van der Waals surface area contributed by atoms with E-state index in [1.807, 2.05) is 0 Å². The quantitative estimate of drug-likeness (QED) is 0.458. The SMILES string of the molecule is COCCOCCCNC(C)CCl. The van der Waals surface area contributed by atoms with Gasteiger partial charge in [0.25, 0.3) is 0 Å². The van der Waals surface area contributed by atoms with Crippen molar-refractivity contribution in [2.24, 2.45) is 0 Å². The smallest absolute Gasteiger partial charge is 0.0700 e. The van der Waals surface area contributed by atoms with Crippen LogP contribution in [0.25, 0.3) is 0 Å². The van der Waals surface area contributed by atoms with E-state index in [1.165, 1.54) is 0 Å². The second kappa shape index (κ2) is 10.3. The zero-order valence-electron chi connectivity index (χ0n) is 8.51. The molecule has 0 aliphatic heterocycles. The van der Waals surface area contributed by atoms with Crippen LogP contribution in [0.4, 0.5) is 0 Å². The fraction of sp³-hybridized carbons (Fsp3) is 1.00. The lowest BCUT2D eigenvalue weighted by Crippen LogP contribution is -2.29. The molecular weight excluding hydrogens is 190 g/mol. The van der Waals surface area contributed by atoms with Crippen LogP contribution in [0.2, 0.25) is 0 Å². The van der Waals surface area contributed by atoms with Gasteiger partial charge in [-0.1, -0.05) is 0 Å². The van der Waals surface area contributed by atoms with Gasteiger partial charge in [-0.25, -0.2) is 0 Å². The molecule has 80 valence electrons. The van der Waals surface area contributed by atoms with Crippen molar-refractivity contribution in [1.82, 2.24) is 5.32 Å². The third kappa shape index (κ3) is 10.1. The van der Waals surface area contributed by atoms with Crippen molar-refractivity contribution >= 4 is 11.6 Å². The molecule has 0 bridgehead atoms. The summed E-state index contributed by atoms with van der Waals surface area (Å²) in [5.74, 6) is 0.657. The molecule has 0 amide bonds. The Balaban J connectivity index is 2.91. The fourth-order valence-electron chi connectivity index (χ4n) is 0.822. The molecule has 13 heavy (non-hydrogen) atoms. The molecule has 0 fully saturated rings. The van der Waals surface area contributed by atoms with Crippen LogP contribution in [0.5, 0.6) is 0 Å². The standard InChI is InChI=1S/C9H20ClNO2/c1-9(8-10)11-4-3-5-13-7-6-12-2/h9,11H,3-8H2,1-2H3. The molecule has 0 heterocycles. The maximum absolute atomic E-state index is 5.62. The van der Waals surface area contributed by atoms with Crippen LogP contribution < -0.4 is 5.32 Å². The van der Waals surface area contributed by atoms with Gasteiger partial charge in [0.05, 0.1) is 13.2 Å². The summed E-state index contributed by atoms with van der Waals surface area (Å²) in [5, 5.41) is 3.28. The van der Waals surface area contributed by atoms with Crippen molar-refractivity contribution in [3.05, 3.63) is 0 Å². The van der Waals surface area contributed by atoms with E-state index in [4.69, 9.17) is 21.1 Å². The van der Waals surface area contributed by atoms with Crippen LogP contribution in [0.3, 0.4) is 0 Å². The van der Waals surface area contributed by atoms with Gasteiger partial charge < -0.3 is 14.8 Å². The lowest BCUT2D eigenvalue weighted by atomic mass is 10.3. The number of hydrogen-bond acceptors (Lipinski definition) is 3. The van der Waals surface area contributed by atoms with Crippen LogP contribution in [-0.2, 0) is 9.47 Å². The summed E-state index contributed by atoms with van der Waals surface area (Å²) in [6, 6.07) is 0.389. The van der Waals surface area contributed by atoms with Gasteiger partial charge >= 0.3 is 0 Å².